The standard InChI is InChI=1S/C17H19NOS/c1-19-14-8-7-13-9-16(17(18)15(13)10-14)20-11-12-5-3-2-4-6-12/h2-8,10,16-17H,9,11,18H2,1H3. The highest BCUT2D eigenvalue weighted by Crippen LogP contribution is 2.39. The van der Waals surface area contributed by atoms with E-state index in [1.807, 2.05) is 17.8 Å². The van der Waals surface area contributed by atoms with E-state index in [9.17, 15) is 0 Å². The van der Waals surface area contributed by atoms with E-state index in [4.69, 9.17) is 10.5 Å². The Hall–Kier alpha value is -1.45. The van der Waals surface area contributed by atoms with Crippen LogP contribution in [0.5, 0.6) is 5.75 Å². The van der Waals surface area contributed by atoms with Gasteiger partial charge in [-0.15, -0.1) is 0 Å². The first-order valence-corrected chi connectivity index (χ1v) is 7.90. The molecular weight excluding hydrogens is 266 g/mol. The minimum atomic E-state index is 0.105. The SMILES string of the molecule is COc1ccc2c(c1)C(N)C(SCc1ccccc1)C2. The molecule has 0 radical (unpaired) electrons. The fraction of sp³-hybridized carbons (Fsp3) is 0.294. The van der Waals surface area contributed by atoms with Gasteiger partial charge in [-0.2, -0.15) is 11.8 Å². The molecule has 2 unspecified atom stereocenters. The Morgan fingerprint density at radius 1 is 1.20 bits per heavy atom. The summed E-state index contributed by atoms with van der Waals surface area (Å²) in [5.74, 6) is 1.91. The van der Waals surface area contributed by atoms with E-state index in [-0.39, 0.29) is 6.04 Å². The lowest BCUT2D eigenvalue weighted by Crippen LogP contribution is -2.19. The average Bonchev–Trinajstić information content (AvgIpc) is 2.82. The molecule has 0 fully saturated rings. The van der Waals surface area contributed by atoms with Gasteiger partial charge in [0.05, 0.1) is 7.11 Å². The number of nitrogens with two attached hydrogens (primary N) is 1. The zero-order valence-corrected chi connectivity index (χ0v) is 12.4. The number of hydrogen-bond acceptors (Lipinski definition) is 3. The molecule has 2 aromatic rings. The summed E-state index contributed by atoms with van der Waals surface area (Å²) in [6.45, 7) is 0. The zero-order valence-electron chi connectivity index (χ0n) is 11.6. The van der Waals surface area contributed by atoms with Crippen molar-refractivity contribution in [1.82, 2.24) is 0 Å². The van der Waals surface area contributed by atoms with Gasteiger partial charge in [-0.3, -0.25) is 0 Å². The highest BCUT2D eigenvalue weighted by Gasteiger charge is 2.30. The molecule has 2 nitrogen and oxygen atoms in total. The summed E-state index contributed by atoms with van der Waals surface area (Å²) in [4.78, 5) is 0. The molecule has 2 N–H and O–H groups in total. The number of hydrogen-bond donors (Lipinski definition) is 1. The molecule has 0 saturated heterocycles. The maximum atomic E-state index is 6.40. The number of rotatable bonds is 4. The van der Waals surface area contributed by atoms with Crippen LogP contribution in [-0.4, -0.2) is 12.4 Å². The number of ether oxygens (including phenoxy) is 1. The predicted octanol–water partition coefficient (Wildman–Crippen LogP) is 3.55. The fourth-order valence-electron chi connectivity index (χ4n) is 2.68. The second-order valence-corrected chi connectivity index (χ2v) is 6.36. The molecule has 0 aliphatic heterocycles. The maximum absolute atomic E-state index is 6.40. The molecule has 3 heteroatoms. The summed E-state index contributed by atoms with van der Waals surface area (Å²) in [5.41, 5.74) is 10.4. The Labute approximate surface area is 124 Å². The second-order valence-electron chi connectivity index (χ2n) is 5.13. The molecule has 0 saturated carbocycles. The third-order valence-electron chi connectivity index (χ3n) is 3.84. The van der Waals surface area contributed by atoms with Gasteiger partial charge in [0.25, 0.3) is 0 Å². The van der Waals surface area contributed by atoms with Crippen molar-refractivity contribution in [3.63, 3.8) is 0 Å². The monoisotopic (exact) mass is 285 g/mol. The fourth-order valence-corrected chi connectivity index (χ4v) is 3.93. The van der Waals surface area contributed by atoms with Crippen molar-refractivity contribution in [3.05, 3.63) is 65.2 Å². The molecule has 0 aromatic heterocycles. The highest BCUT2D eigenvalue weighted by atomic mass is 32.2. The van der Waals surface area contributed by atoms with Crippen LogP contribution in [0.3, 0.4) is 0 Å². The van der Waals surface area contributed by atoms with E-state index in [0.717, 1.165) is 17.9 Å². The Balaban J connectivity index is 1.69. The van der Waals surface area contributed by atoms with Gasteiger partial charge in [0.15, 0.2) is 0 Å². The predicted molar refractivity (Wildman–Crippen MR) is 85.2 cm³/mol. The van der Waals surface area contributed by atoms with Crippen molar-refractivity contribution < 1.29 is 4.74 Å². The smallest absolute Gasteiger partial charge is 0.119 e. The van der Waals surface area contributed by atoms with Crippen molar-refractivity contribution >= 4 is 11.8 Å². The lowest BCUT2D eigenvalue weighted by molar-refractivity contribution is 0.414. The van der Waals surface area contributed by atoms with E-state index in [2.05, 4.69) is 42.5 Å². The van der Waals surface area contributed by atoms with Gasteiger partial charge in [-0.25, -0.2) is 0 Å². The van der Waals surface area contributed by atoms with E-state index >= 15 is 0 Å². The third-order valence-corrected chi connectivity index (χ3v) is 5.23. The average molecular weight is 285 g/mol. The largest absolute Gasteiger partial charge is 0.497 e. The molecule has 0 bridgehead atoms. The maximum Gasteiger partial charge on any atom is 0.119 e. The summed E-state index contributed by atoms with van der Waals surface area (Å²) in [6, 6.07) is 16.9. The van der Waals surface area contributed by atoms with Crippen LogP contribution in [0.25, 0.3) is 0 Å². The van der Waals surface area contributed by atoms with Crippen LogP contribution in [0.2, 0.25) is 0 Å². The van der Waals surface area contributed by atoms with Gasteiger partial charge in [0.1, 0.15) is 5.75 Å². The Morgan fingerprint density at radius 2 is 2.00 bits per heavy atom. The molecule has 0 amide bonds. The van der Waals surface area contributed by atoms with Gasteiger partial charge in [-0.1, -0.05) is 36.4 Å². The summed E-state index contributed by atoms with van der Waals surface area (Å²) in [7, 11) is 1.70. The summed E-state index contributed by atoms with van der Waals surface area (Å²) >= 11 is 1.95. The van der Waals surface area contributed by atoms with Crippen molar-refractivity contribution in [2.24, 2.45) is 5.73 Å². The number of fused-ring (bicyclic) bond motifs is 1. The normalized spacial score (nSPS) is 20.7. The molecule has 2 aromatic carbocycles. The lowest BCUT2D eigenvalue weighted by atomic mass is 10.1. The highest BCUT2D eigenvalue weighted by molar-refractivity contribution is 7.99. The number of methoxy groups -OCH3 is 1. The van der Waals surface area contributed by atoms with Gasteiger partial charge in [0, 0.05) is 17.0 Å². The van der Waals surface area contributed by atoms with Crippen LogP contribution >= 0.6 is 11.8 Å². The van der Waals surface area contributed by atoms with Crippen LogP contribution in [0.4, 0.5) is 0 Å². The summed E-state index contributed by atoms with van der Waals surface area (Å²) < 4.78 is 5.29. The second kappa shape index (κ2) is 5.90. The van der Waals surface area contributed by atoms with Gasteiger partial charge in [-0.05, 0) is 35.2 Å². The van der Waals surface area contributed by atoms with Gasteiger partial charge >= 0.3 is 0 Å². The molecule has 1 aliphatic rings. The van der Waals surface area contributed by atoms with Gasteiger partial charge in [0.2, 0.25) is 0 Å². The first-order valence-electron chi connectivity index (χ1n) is 6.86. The molecule has 20 heavy (non-hydrogen) atoms. The molecule has 3 rings (SSSR count). The third kappa shape index (κ3) is 2.69. The summed E-state index contributed by atoms with van der Waals surface area (Å²) in [6.07, 6.45) is 1.05. The Bertz CT molecular complexity index is 585. The van der Waals surface area contributed by atoms with Crippen LogP contribution in [0, 0.1) is 0 Å². The lowest BCUT2D eigenvalue weighted by Gasteiger charge is -2.15. The first-order chi connectivity index (χ1) is 9.78. The molecule has 1 aliphatic carbocycles. The topological polar surface area (TPSA) is 35.2 Å². The Kier molecular flexibility index (Phi) is 3.99. The molecule has 0 spiro atoms. The van der Waals surface area contributed by atoms with Crippen LogP contribution < -0.4 is 10.5 Å². The van der Waals surface area contributed by atoms with Crippen LogP contribution in [-0.2, 0) is 12.2 Å². The van der Waals surface area contributed by atoms with Crippen molar-refractivity contribution in [1.29, 1.82) is 0 Å². The van der Waals surface area contributed by atoms with E-state index in [1.165, 1.54) is 16.7 Å². The van der Waals surface area contributed by atoms with E-state index in [1.54, 1.807) is 7.11 Å². The van der Waals surface area contributed by atoms with Crippen LogP contribution in [0.15, 0.2) is 48.5 Å². The van der Waals surface area contributed by atoms with Gasteiger partial charge < -0.3 is 10.5 Å². The first kappa shape index (κ1) is 13.5. The molecule has 2 atom stereocenters. The van der Waals surface area contributed by atoms with Crippen LogP contribution in [0.1, 0.15) is 22.7 Å². The minimum Gasteiger partial charge on any atom is -0.497 e. The number of benzene rings is 2. The van der Waals surface area contributed by atoms with Crippen molar-refractivity contribution in [3.8, 4) is 5.75 Å². The van der Waals surface area contributed by atoms with Crippen molar-refractivity contribution in [2.45, 2.75) is 23.5 Å². The Morgan fingerprint density at radius 3 is 2.75 bits per heavy atom. The molecule has 0 heterocycles. The number of thioether (sulfide) groups is 1. The van der Waals surface area contributed by atoms with E-state index in [0.29, 0.717) is 5.25 Å². The van der Waals surface area contributed by atoms with Crippen molar-refractivity contribution in [2.75, 3.05) is 7.11 Å². The summed E-state index contributed by atoms with van der Waals surface area (Å²) in [5, 5.41) is 0.456. The molecule has 104 valence electrons. The molecular formula is C17H19NOS. The van der Waals surface area contributed by atoms with E-state index < -0.39 is 0 Å². The zero-order chi connectivity index (χ0) is 13.9. The quantitative estimate of drug-likeness (QED) is 0.933. The minimum absolute atomic E-state index is 0.105.